The predicted molar refractivity (Wildman–Crippen MR) is 92.8 cm³/mol. The van der Waals surface area contributed by atoms with Gasteiger partial charge in [-0.3, -0.25) is 18.4 Å². The van der Waals surface area contributed by atoms with Gasteiger partial charge in [-0.15, -0.1) is 0 Å². The van der Waals surface area contributed by atoms with Crippen LogP contribution in [0.1, 0.15) is 52.4 Å². The van der Waals surface area contributed by atoms with Crippen LogP contribution in [0, 0.1) is 0 Å². The summed E-state index contributed by atoms with van der Waals surface area (Å²) in [5.74, 6) is -0.0279. The molecule has 12 heteroatoms. The zero-order valence-electron chi connectivity index (χ0n) is 14.7. The molecule has 0 aliphatic carbocycles. The fourth-order valence-corrected chi connectivity index (χ4v) is 3.41. The normalized spacial score (nSPS) is 15.0. The molecule has 0 aliphatic heterocycles. The molecule has 0 aromatic heterocycles. The van der Waals surface area contributed by atoms with Crippen molar-refractivity contribution in [1.29, 1.82) is 0 Å². The number of rotatable bonds is 14. The lowest BCUT2D eigenvalue weighted by Crippen LogP contribution is -2.24. The summed E-state index contributed by atoms with van der Waals surface area (Å²) in [5.41, 5.74) is 5.31. The second-order valence-corrected chi connectivity index (χ2v) is 9.58. The Kier molecular flexibility index (Phi) is 11.3. The molecular formula is C13H30N2O8P2. The number of hydrogen-bond donors (Lipinski definition) is 5. The lowest BCUT2D eigenvalue weighted by Gasteiger charge is -2.27. The van der Waals surface area contributed by atoms with Crippen LogP contribution >= 0.6 is 15.4 Å². The summed E-state index contributed by atoms with van der Waals surface area (Å²) in [7, 11) is -9.27. The van der Waals surface area contributed by atoms with Crippen LogP contribution < -0.4 is 11.1 Å². The van der Waals surface area contributed by atoms with Gasteiger partial charge in [-0.2, -0.15) is 0 Å². The molecule has 1 unspecified atom stereocenters. The molecule has 10 nitrogen and oxygen atoms in total. The summed E-state index contributed by atoms with van der Waals surface area (Å²) < 4.78 is 32.1. The first-order valence-corrected chi connectivity index (χ1v) is 11.2. The van der Waals surface area contributed by atoms with E-state index in [4.69, 9.17) is 20.0 Å². The highest BCUT2D eigenvalue weighted by atomic mass is 31.2. The predicted octanol–water partition coefficient (Wildman–Crippen LogP) is 1.45. The number of amides is 1. The van der Waals surface area contributed by atoms with Crippen molar-refractivity contribution in [2.45, 2.75) is 57.7 Å². The number of nitrogens with one attached hydrogen (secondary N) is 1. The highest BCUT2D eigenvalue weighted by Crippen LogP contribution is 2.59. The molecule has 0 rings (SSSR count). The zero-order valence-corrected chi connectivity index (χ0v) is 16.5. The number of phosphoric acid groups is 1. The topological polar surface area (TPSA) is 168 Å². The largest absolute Gasteiger partial charge is 0.473 e. The SMILES string of the molecule is CC(C)(OP(=O)(O)OCCCCCCNC(=O)CCCN)P(=O)(O)O. The van der Waals surface area contributed by atoms with Crippen LogP contribution in [0.3, 0.4) is 0 Å². The first kappa shape index (κ1) is 24.7. The molecule has 0 fully saturated rings. The molecule has 150 valence electrons. The van der Waals surface area contributed by atoms with Crippen molar-refractivity contribution < 1.29 is 37.7 Å². The Morgan fingerprint density at radius 1 is 1.08 bits per heavy atom. The molecule has 0 aromatic rings. The van der Waals surface area contributed by atoms with Crippen molar-refractivity contribution in [3.63, 3.8) is 0 Å². The third kappa shape index (κ3) is 11.8. The van der Waals surface area contributed by atoms with Crippen molar-refractivity contribution in [1.82, 2.24) is 5.32 Å². The number of carbonyl (C=O) groups is 1. The average molecular weight is 404 g/mol. The fraction of sp³-hybridized carbons (Fsp3) is 0.923. The van der Waals surface area contributed by atoms with Gasteiger partial charge in [0.05, 0.1) is 6.61 Å². The van der Waals surface area contributed by atoms with Gasteiger partial charge in [0, 0.05) is 13.0 Å². The molecule has 1 amide bonds. The Balaban J connectivity index is 3.82. The molecule has 25 heavy (non-hydrogen) atoms. The minimum absolute atomic E-state index is 0.0279. The molecule has 0 bridgehead atoms. The molecule has 0 aliphatic rings. The van der Waals surface area contributed by atoms with E-state index in [-0.39, 0.29) is 12.5 Å². The molecule has 0 radical (unpaired) electrons. The van der Waals surface area contributed by atoms with E-state index < -0.39 is 20.8 Å². The van der Waals surface area contributed by atoms with Gasteiger partial charge in [0.1, 0.15) is 0 Å². The maximum absolute atomic E-state index is 11.7. The van der Waals surface area contributed by atoms with Crippen LogP contribution in [-0.4, -0.2) is 45.6 Å². The molecule has 0 aromatic carbocycles. The number of nitrogens with two attached hydrogens (primary N) is 1. The Bertz CT molecular complexity index is 494. The van der Waals surface area contributed by atoms with E-state index in [0.717, 1.165) is 26.7 Å². The van der Waals surface area contributed by atoms with E-state index in [2.05, 4.69) is 9.84 Å². The summed E-state index contributed by atoms with van der Waals surface area (Å²) >= 11 is 0. The smallest absolute Gasteiger partial charge is 0.356 e. The number of carbonyl (C=O) groups excluding carboxylic acids is 1. The molecule has 0 heterocycles. The number of hydrogen-bond acceptors (Lipinski definition) is 6. The van der Waals surface area contributed by atoms with Gasteiger partial charge >= 0.3 is 15.4 Å². The Labute approximate surface area is 148 Å². The Morgan fingerprint density at radius 3 is 2.24 bits per heavy atom. The summed E-state index contributed by atoms with van der Waals surface area (Å²) in [6.07, 6.45) is 3.83. The van der Waals surface area contributed by atoms with E-state index in [1.54, 1.807) is 0 Å². The first-order chi connectivity index (χ1) is 11.4. The van der Waals surface area contributed by atoms with Crippen molar-refractivity contribution in [3.8, 4) is 0 Å². The third-order valence-electron chi connectivity index (χ3n) is 3.30. The van der Waals surface area contributed by atoms with Gasteiger partial charge in [0.2, 0.25) is 5.91 Å². The lowest BCUT2D eigenvalue weighted by molar-refractivity contribution is -0.121. The molecule has 0 saturated heterocycles. The monoisotopic (exact) mass is 404 g/mol. The van der Waals surface area contributed by atoms with Gasteiger partial charge in [0.25, 0.3) is 0 Å². The number of phosphoric ester groups is 1. The standard InChI is InChI=1S/C13H30N2O8P2/c1-13(2,24(17,18)19)23-25(20,21)22-11-6-4-3-5-10-15-12(16)8-7-9-14/h3-11,14H2,1-2H3,(H,15,16)(H,20,21)(H2,17,18,19). The van der Waals surface area contributed by atoms with Crippen LogP contribution in [0.2, 0.25) is 0 Å². The summed E-state index contributed by atoms with van der Waals surface area (Å²) in [6.45, 7) is 3.00. The molecule has 0 spiro atoms. The van der Waals surface area contributed by atoms with Crippen LogP contribution in [0.5, 0.6) is 0 Å². The highest BCUT2D eigenvalue weighted by molar-refractivity contribution is 7.54. The Morgan fingerprint density at radius 2 is 1.68 bits per heavy atom. The number of unbranched alkanes of at least 4 members (excludes halogenated alkanes) is 3. The van der Waals surface area contributed by atoms with Crippen molar-refractivity contribution in [3.05, 3.63) is 0 Å². The minimum atomic E-state index is -4.71. The van der Waals surface area contributed by atoms with Gasteiger partial charge in [0.15, 0.2) is 5.34 Å². The summed E-state index contributed by atoms with van der Waals surface area (Å²) in [6, 6.07) is 0. The van der Waals surface area contributed by atoms with E-state index >= 15 is 0 Å². The van der Waals surface area contributed by atoms with Crippen molar-refractivity contribution in [2.24, 2.45) is 5.73 Å². The summed E-state index contributed by atoms with van der Waals surface area (Å²) in [4.78, 5) is 38.9. The van der Waals surface area contributed by atoms with Crippen molar-refractivity contribution in [2.75, 3.05) is 19.7 Å². The maximum atomic E-state index is 11.7. The van der Waals surface area contributed by atoms with Crippen LogP contribution in [0.15, 0.2) is 0 Å². The minimum Gasteiger partial charge on any atom is -0.356 e. The molecular weight excluding hydrogens is 374 g/mol. The average Bonchev–Trinajstić information content (AvgIpc) is 2.45. The van der Waals surface area contributed by atoms with Crippen LogP contribution in [0.4, 0.5) is 0 Å². The van der Waals surface area contributed by atoms with Gasteiger partial charge in [-0.1, -0.05) is 12.8 Å². The van der Waals surface area contributed by atoms with E-state index in [9.17, 15) is 18.8 Å². The van der Waals surface area contributed by atoms with Crippen LogP contribution in [0.25, 0.3) is 0 Å². The van der Waals surface area contributed by atoms with Crippen LogP contribution in [-0.2, 0) is 23.0 Å². The highest BCUT2D eigenvalue weighted by Gasteiger charge is 2.45. The lowest BCUT2D eigenvalue weighted by atomic mass is 10.2. The van der Waals surface area contributed by atoms with Gasteiger partial charge < -0.3 is 25.7 Å². The quantitative estimate of drug-likeness (QED) is 0.212. The Hall–Kier alpha value is -0.310. The van der Waals surface area contributed by atoms with E-state index in [1.807, 2.05) is 0 Å². The maximum Gasteiger partial charge on any atom is 0.473 e. The second-order valence-electron chi connectivity index (χ2n) is 6.04. The van der Waals surface area contributed by atoms with Gasteiger partial charge in [-0.25, -0.2) is 4.57 Å². The van der Waals surface area contributed by atoms with Crippen molar-refractivity contribution >= 4 is 21.3 Å². The first-order valence-electron chi connectivity index (χ1n) is 8.12. The molecule has 1 atom stereocenters. The van der Waals surface area contributed by atoms with Gasteiger partial charge in [-0.05, 0) is 39.7 Å². The van der Waals surface area contributed by atoms with E-state index in [0.29, 0.717) is 38.8 Å². The molecule has 6 N–H and O–H groups in total. The zero-order chi connectivity index (χ0) is 19.6. The molecule has 0 saturated carbocycles. The second kappa shape index (κ2) is 11.4. The fourth-order valence-electron chi connectivity index (χ4n) is 1.70. The van der Waals surface area contributed by atoms with E-state index in [1.165, 1.54) is 0 Å². The third-order valence-corrected chi connectivity index (χ3v) is 6.13. The summed E-state index contributed by atoms with van der Waals surface area (Å²) in [5, 5.41) is 0.657.